The van der Waals surface area contributed by atoms with E-state index in [0.29, 0.717) is 5.52 Å². The fourth-order valence-electron chi connectivity index (χ4n) is 1.61. The molecule has 0 aliphatic rings. The Hall–Kier alpha value is -1.90. The number of nitrogens with zero attached hydrogens (tertiary/aromatic N) is 1. The zero-order valence-corrected chi connectivity index (χ0v) is 12.8. The van der Waals surface area contributed by atoms with Gasteiger partial charge in [-0.05, 0) is 26.2 Å². The highest BCUT2D eigenvalue weighted by atomic mass is 32.1. The number of H-pyrrole nitrogens is 1. The second-order valence-corrected chi connectivity index (χ2v) is 4.13. The monoisotopic (exact) mass is 312 g/mol. The summed E-state index contributed by atoms with van der Waals surface area (Å²) < 4.78 is 0. The Labute approximate surface area is 128 Å². The van der Waals surface area contributed by atoms with E-state index in [4.69, 9.17) is 5.11 Å². The SMILES string of the molecule is CN.CN.O=C(S)CC(C(=O)O)c1nc2ccccc2[nH]1. The number of aromatic amines is 1. The first-order valence-electron chi connectivity index (χ1n) is 6.12. The van der Waals surface area contributed by atoms with E-state index in [1.807, 2.05) is 12.1 Å². The average molecular weight is 312 g/mol. The van der Waals surface area contributed by atoms with Gasteiger partial charge >= 0.3 is 5.97 Å². The van der Waals surface area contributed by atoms with Crippen molar-refractivity contribution in [3.63, 3.8) is 0 Å². The summed E-state index contributed by atoms with van der Waals surface area (Å²) in [6.45, 7) is 0. The zero-order chi connectivity index (χ0) is 16.4. The normalized spacial score (nSPS) is 10.7. The lowest BCUT2D eigenvalue weighted by Gasteiger charge is -2.05. The van der Waals surface area contributed by atoms with Crippen molar-refractivity contribution in [2.75, 3.05) is 14.1 Å². The van der Waals surface area contributed by atoms with Crippen molar-refractivity contribution in [2.24, 2.45) is 11.5 Å². The quantitative estimate of drug-likeness (QED) is 0.528. The van der Waals surface area contributed by atoms with E-state index in [1.165, 1.54) is 14.1 Å². The van der Waals surface area contributed by atoms with E-state index in [9.17, 15) is 9.59 Å². The Bertz CT molecular complexity index is 553. The summed E-state index contributed by atoms with van der Waals surface area (Å²) in [5, 5.41) is 8.58. The maximum Gasteiger partial charge on any atom is 0.314 e. The van der Waals surface area contributed by atoms with E-state index >= 15 is 0 Å². The number of carboxylic acid groups (broad SMARTS) is 1. The van der Waals surface area contributed by atoms with Gasteiger partial charge < -0.3 is 21.6 Å². The van der Waals surface area contributed by atoms with E-state index in [0.717, 1.165) is 5.52 Å². The number of nitrogens with two attached hydrogens (primary N) is 2. The van der Waals surface area contributed by atoms with Crippen LogP contribution < -0.4 is 11.5 Å². The fourth-order valence-corrected chi connectivity index (χ4v) is 1.80. The molecule has 0 bridgehead atoms. The molecule has 1 unspecified atom stereocenters. The molecule has 0 aliphatic heterocycles. The van der Waals surface area contributed by atoms with Crippen LogP contribution >= 0.6 is 12.6 Å². The molecule has 1 heterocycles. The van der Waals surface area contributed by atoms with Crippen LogP contribution in [0.5, 0.6) is 0 Å². The Balaban J connectivity index is 0.000000921. The van der Waals surface area contributed by atoms with Crippen molar-refractivity contribution in [1.29, 1.82) is 0 Å². The molecule has 0 aliphatic carbocycles. The number of fused-ring (bicyclic) bond motifs is 1. The highest BCUT2D eigenvalue weighted by molar-refractivity contribution is 7.96. The molecule has 0 saturated heterocycles. The standard InChI is InChI=1S/C11H10N2O3S.2CH5N/c14-9(17)5-6(11(15)16)10-12-7-3-1-2-4-8(7)13-10;2*1-2/h1-4,6H,5H2,(H,12,13)(H,14,17)(H,15,16);2*2H2,1H3. The summed E-state index contributed by atoms with van der Waals surface area (Å²) in [6, 6.07) is 7.21. The number of nitrogens with one attached hydrogen (secondary N) is 1. The summed E-state index contributed by atoms with van der Waals surface area (Å²) in [6.07, 6.45) is -0.182. The van der Waals surface area contributed by atoms with Gasteiger partial charge in [0.05, 0.1) is 11.0 Å². The van der Waals surface area contributed by atoms with Crippen LogP contribution in [0, 0.1) is 0 Å². The van der Waals surface area contributed by atoms with E-state index in [-0.39, 0.29) is 12.2 Å². The predicted octanol–water partition coefficient (Wildman–Crippen LogP) is 0.727. The summed E-state index contributed by atoms with van der Waals surface area (Å²) in [5.41, 5.74) is 10.4. The molecule has 1 aromatic carbocycles. The second kappa shape index (κ2) is 9.92. The number of carbonyl (C=O) groups is 2. The number of aromatic nitrogens is 2. The summed E-state index contributed by atoms with van der Waals surface area (Å²) in [7, 11) is 3.00. The number of para-hydroxylation sites is 2. The Morgan fingerprint density at radius 1 is 1.29 bits per heavy atom. The molecular weight excluding hydrogens is 292 g/mol. The minimum atomic E-state index is -1.09. The van der Waals surface area contributed by atoms with Crippen molar-refractivity contribution >= 4 is 34.7 Å². The molecule has 0 radical (unpaired) electrons. The molecule has 0 spiro atoms. The Morgan fingerprint density at radius 3 is 2.33 bits per heavy atom. The molecule has 21 heavy (non-hydrogen) atoms. The lowest BCUT2D eigenvalue weighted by atomic mass is 10.1. The molecule has 1 atom stereocenters. The molecule has 1 aromatic heterocycles. The van der Waals surface area contributed by atoms with Crippen LogP contribution in [-0.4, -0.2) is 40.3 Å². The number of rotatable bonds is 4. The zero-order valence-electron chi connectivity index (χ0n) is 11.9. The third-order valence-corrected chi connectivity index (χ3v) is 2.60. The van der Waals surface area contributed by atoms with E-state index < -0.39 is 17.0 Å². The van der Waals surface area contributed by atoms with Gasteiger partial charge in [0.2, 0.25) is 0 Å². The molecule has 7 nitrogen and oxygen atoms in total. The Kier molecular flexibility index (Phi) is 9.02. The first-order valence-corrected chi connectivity index (χ1v) is 6.57. The lowest BCUT2D eigenvalue weighted by Crippen LogP contribution is -2.15. The van der Waals surface area contributed by atoms with Crippen molar-refractivity contribution in [3.05, 3.63) is 30.1 Å². The van der Waals surface area contributed by atoms with Crippen LogP contribution in [-0.2, 0) is 9.59 Å². The van der Waals surface area contributed by atoms with E-state index in [1.54, 1.807) is 12.1 Å². The number of imidazole rings is 1. The minimum absolute atomic E-state index is 0.182. The highest BCUT2D eigenvalue weighted by Crippen LogP contribution is 2.21. The molecule has 0 amide bonds. The number of thiol groups is 1. The van der Waals surface area contributed by atoms with Gasteiger partial charge in [0.25, 0.3) is 0 Å². The first kappa shape index (κ1) is 19.1. The Morgan fingerprint density at radius 2 is 1.86 bits per heavy atom. The topological polar surface area (TPSA) is 135 Å². The maximum absolute atomic E-state index is 11.1. The molecular formula is C13H20N4O3S. The molecule has 2 aromatic rings. The number of aliphatic carboxylic acids is 1. The van der Waals surface area contributed by atoms with Gasteiger partial charge in [-0.2, -0.15) is 0 Å². The van der Waals surface area contributed by atoms with Crippen LogP contribution in [0.25, 0.3) is 11.0 Å². The smallest absolute Gasteiger partial charge is 0.314 e. The van der Waals surface area contributed by atoms with Gasteiger partial charge in [-0.25, -0.2) is 4.98 Å². The molecule has 8 heteroatoms. The largest absolute Gasteiger partial charge is 0.481 e. The highest BCUT2D eigenvalue weighted by Gasteiger charge is 2.25. The lowest BCUT2D eigenvalue weighted by molar-refractivity contribution is -0.140. The number of carbonyl (C=O) groups excluding carboxylic acids is 1. The predicted molar refractivity (Wildman–Crippen MR) is 85.3 cm³/mol. The number of hydrogen-bond acceptors (Lipinski definition) is 5. The van der Waals surface area contributed by atoms with Crippen molar-refractivity contribution in [3.8, 4) is 0 Å². The minimum Gasteiger partial charge on any atom is -0.481 e. The van der Waals surface area contributed by atoms with Crippen LogP contribution in [0.4, 0.5) is 0 Å². The van der Waals surface area contributed by atoms with Crippen LogP contribution in [0.2, 0.25) is 0 Å². The fraction of sp³-hybridized carbons (Fsp3) is 0.308. The third-order valence-electron chi connectivity index (χ3n) is 2.41. The first-order chi connectivity index (χ1) is 10.1. The van der Waals surface area contributed by atoms with Crippen LogP contribution in [0.15, 0.2) is 24.3 Å². The van der Waals surface area contributed by atoms with Gasteiger partial charge in [-0.15, -0.1) is 12.6 Å². The molecule has 0 saturated carbocycles. The maximum atomic E-state index is 11.1. The van der Waals surface area contributed by atoms with Crippen LogP contribution in [0.1, 0.15) is 18.2 Å². The van der Waals surface area contributed by atoms with Crippen molar-refractivity contribution in [2.45, 2.75) is 12.3 Å². The number of carboxylic acids is 1. The van der Waals surface area contributed by atoms with Crippen molar-refractivity contribution < 1.29 is 14.7 Å². The summed E-state index contributed by atoms with van der Waals surface area (Å²) in [4.78, 5) is 29.0. The van der Waals surface area contributed by atoms with Gasteiger partial charge in [-0.3, -0.25) is 9.59 Å². The van der Waals surface area contributed by atoms with Crippen LogP contribution in [0.3, 0.4) is 0 Å². The van der Waals surface area contributed by atoms with Gasteiger partial charge in [0.1, 0.15) is 11.7 Å². The molecule has 6 N–H and O–H groups in total. The molecule has 2 rings (SSSR count). The summed E-state index contributed by atoms with van der Waals surface area (Å²) in [5.74, 6) is -1.79. The number of benzene rings is 1. The van der Waals surface area contributed by atoms with Gasteiger partial charge in [0, 0.05) is 6.42 Å². The van der Waals surface area contributed by atoms with Gasteiger partial charge in [0.15, 0.2) is 5.12 Å². The second-order valence-electron chi connectivity index (χ2n) is 3.63. The van der Waals surface area contributed by atoms with E-state index in [2.05, 4.69) is 34.1 Å². The van der Waals surface area contributed by atoms with Gasteiger partial charge in [-0.1, -0.05) is 12.1 Å². The van der Waals surface area contributed by atoms with Crippen molar-refractivity contribution in [1.82, 2.24) is 9.97 Å². The molecule has 0 fully saturated rings. The third kappa shape index (κ3) is 5.54. The summed E-state index contributed by atoms with van der Waals surface area (Å²) >= 11 is 3.60. The number of hydrogen-bond donors (Lipinski definition) is 5. The average Bonchev–Trinajstić information content (AvgIpc) is 2.92. The molecule has 116 valence electrons.